The van der Waals surface area contributed by atoms with Gasteiger partial charge in [0.15, 0.2) is 15.9 Å². The van der Waals surface area contributed by atoms with Crippen molar-refractivity contribution in [3.63, 3.8) is 0 Å². The Morgan fingerprint density at radius 1 is 1.32 bits per heavy atom. The summed E-state index contributed by atoms with van der Waals surface area (Å²) in [6.45, 7) is 8.49. The highest BCUT2D eigenvalue weighted by Gasteiger charge is 2.36. The average Bonchev–Trinajstić information content (AvgIpc) is 3.06. The fraction of sp³-hybridized carbons (Fsp3) is 0.611. The van der Waals surface area contributed by atoms with Crippen LogP contribution >= 0.6 is 11.3 Å². The van der Waals surface area contributed by atoms with Crippen LogP contribution < -0.4 is 5.32 Å². The van der Waals surface area contributed by atoms with Gasteiger partial charge in [-0.3, -0.25) is 9.59 Å². The molecule has 1 N–H and O–H groups in total. The van der Waals surface area contributed by atoms with Gasteiger partial charge < -0.3 is 15.0 Å². The summed E-state index contributed by atoms with van der Waals surface area (Å²) in [6, 6.07) is -0.399. The number of esters is 1. The molecule has 1 aromatic heterocycles. The van der Waals surface area contributed by atoms with Crippen LogP contribution in [0.3, 0.4) is 0 Å². The van der Waals surface area contributed by atoms with Gasteiger partial charge in [0.1, 0.15) is 5.00 Å². The minimum Gasteiger partial charge on any atom is -0.449 e. The van der Waals surface area contributed by atoms with E-state index in [1.807, 2.05) is 6.92 Å². The number of carbonyl (C=O) groups is 3. The van der Waals surface area contributed by atoms with Gasteiger partial charge in [0.05, 0.1) is 17.1 Å². The standard InChI is InChI=1S/C18H26N2O6S2/c1-6-20(14-7-8-28(24,25)9-14)17(22)11(3)26-18(23)15-10(2)12(4)27-16(15)19-13(5)21/h11,14H,6-9H2,1-5H3,(H,19,21)/t11-,14+/m1/s1. The first-order valence-electron chi connectivity index (χ1n) is 9.06. The Hall–Kier alpha value is -1.94. The van der Waals surface area contributed by atoms with Crippen molar-refractivity contribution in [2.75, 3.05) is 23.4 Å². The molecule has 1 aromatic rings. The molecule has 156 valence electrons. The predicted molar refractivity (Wildman–Crippen MR) is 107 cm³/mol. The summed E-state index contributed by atoms with van der Waals surface area (Å²) in [5.74, 6) is -1.43. The third kappa shape index (κ3) is 4.91. The minimum atomic E-state index is -3.14. The number of ether oxygens (including phenoxy) is 1. The number of amides is 2. The highest BCUT2D eigenvalue weighted by Crippen LogP contribution is 2.33. The smallest absolute Gasteiger partial charge is 0.342 e. The van der Waals surface area contributed by atoms with Gasteiger partial charge in [0, 0.05) is 24.4 Å². The first-order chi connectivity index (χ1) is 13.0. The lowest BCUT2D eigenvalue weighted by atomic mass is 10.1. The number of aryl methyl sites for hydroxylation is 1. The van der Waals surface area contributed by atoms with Gasteiger partial charge in [0.2, 0.25) is 5.91 Å². The quantitative estimate of drug-likeness (QED) is 0.691. The highest BCUT2D eigenvalue weighted by molar-refractivity contribution is 7.91. The molecule has 0 unspecified atom stereocenters. The number of carbonyl (C=O) groups excluding carboxylic acids is 3. The van der Waals surface area contributed by atoms with E-state index in [2.05, 4.69) is 5.32 Å². The van der Waals surface area contributed by atoms with E-state index in [-0.39, 0.29) is 23.0 Å². The topological polar surface area (TPSA) is 110 Å². The fourth-order valence-electron chi connectivity index (χ4n) is 3.24. The van der Waals surface area contributed by atoms with Crippen LogP contribution in [0.15, 0.2) is 0 Å². The van der Waals surface area contributed by atoms with Gasteiger partial charge in [-0.05, 0) is 39.7 Å². The van der Waals surface area contributed by atoms with E-state index in [0.29, 0.717) is 23.5 Å². The molecule has 28 heavy (non-hydrogen) atoms. The Labute approximate surface area is 169 Å². The van der Waals surface area contributed by atoms with E-state index in [0.717, 1.165) is 4.88 Å². The van der Waals surface area contributed by atoms with Crippen LogP contribution in [-0.4, -0.2) is 61.3 Å². The van der Waals surface area contributed by atoms with Crippen LogP contribution in [0.1, 0.15) is 48.0 Å². The van der Waals surface area contributed by atoms with Crippen molar-refractivity contribution >= 4 is 44.0 Å². The highest BCUT2D eigenvalue weighted by atomic mass is 32.2. The molecule has 2 rings (SSSR count). The number of sulfone groups is 1. The van der Waals surface area contributed by atoms with Crippen molar-refractivity contribution in [1.82, 2.24) is 4.90 Å². The van der Waals surface area contributed by atoms with E-state index in [1.165, 1.54) is 30.1 Å². The first kappa shape index (κ1) is 22.4. The van der Waals surface area contributed by atoms with Gasteiger partial charge in [-0.2, -0.15) is 0 Å². The molecule has 2 heterocycles. The van der Waals surface area contributed by atoms with Crippen molar-refractivity contribution in [3.05, 3.63) is 16.0 Å². The van der Waals surface area contributed by atoms with Crippen molar-refractivity contribution in [2.45, 2.75) is 53.2 Å². The second-order valence-electron chi connectivity index (χ2n) is 6.90. The summed E-state index contributed by atoms with van der Waals surface area (Å²) in [7, 11) is -3.14. The SMILES string of the molecule is CCN(C(=O)[C@@H](C)OC(=O)c1c(NC(C)=O)sc(C)c1C)[C@H]1CCS(=O)(=O)C1. The molecule has 8 nitrogen and oxygen atoms in total. The zero-order valence-corrected chi connectivity index (χ0v) is 18.3. The van der Waals surface area contributed by atoms with Gasteiger partial charge in [0.25, 0.3) is 5.91 Å². The molecular formula is C18H26N2O6S2. The van der Waals surface area contributed by atoms with Gasteiger partial charge in [-0.15, -0.1) is 11.3 Å². The van der Waals surface area contributed by atoms with Crippen molar-refractivity contribution in [1.29, 1.82) is 0 Å². The van der Waals surface area contributed by atoms with Crippen LogP contribution in [-0.2, 0) is 24.2 Å². The maximum absolute atomic E-state index is 12.8. The molecule has 0 aromatic carbocycles. The molecule has 0 saturated carbocycles. The molecule has 2 amide bonds. The summed E-state index contributed by atoms with van der Waals surface area (Å²) in [5.41, 5.74) is 0.927. The van der Waals surface area contributed by atoms with Crippen LogP contribution in [0.5, 0.6) is 0 Å². The second kappa shape index (κ2) is 8.60. The van der Waals surface area contributed by atoms with E-state index < -0.39 is 33.9 Å². The summed E-state index contributed by atoms with van der Waals surface area (Å²) in [5, 5.41) is 3.01. The number of rotatable bonds is 6. The van der Waals surface area contributed by atoms with Crippen LogP contribution in [0.2, 0.25) is 0 Å². The molecule has 1 aliphatic rings. The normalized spacial score (nSPS) is 19.1. The van der Waals surface area contributed by atoms with Crippen molar-refractivity contribution in [2.24, 2.45) is 0 Å². The second-order valence-corrected chi connectivity index (χ2v) is 10.4. The maximum Gasteiger partial charge on any atom is 0.342 e. The lowest BCUT2D eigenvalue weighted by Gasteiger charge is -2.29. The number of anilines is 1. The molecular weight excluding hydrogens is 404 g/mol. The van der Waals surface area contributed by atoms with Crippen LogP contribution in [0, 0.1) is 13.8 Å². The monoisotopic (exact) mass is 430 g/mol. The molecule has 0 bridgehead atoms. The van der Waals surface area contributed by atoms with Gasteiger partial charge in [-0.1, -0.05) is 0 Å². The number of thiophene rings is 1. The Morgan fingerprint density at radius 3 is 2.46 bits per heavy atom. The predicted octanol–water partition coefficient (Wildman–Crippen LogP) is 1.90. The minimum absolute atomic E-state index is 0.0586. The third-order valence-corrected chi connectivity index (χ3v) is 7.66. The molecule has 10 heteroatoms. The summed E-state index contributed by atoms with van der Waals surface area (Å²) in [6.07, 6.45) is -0.682. The molecule has 1 fully saturated rings. The number of hydrogen-bond donors (Lipinski definition) is 1. The maximum atomic E-state index is 12.8. The van der Waals surface area contributed by atoms with E-state index in [9.17, 15) is 22.8 Å². The number of hydrogen-bond acceptors (Lipinski definition) is 7. The number of nitrogens with one attached hydrogen (secondary N) is 1. The number of nitrogens with zero attached hydrogens (tertiary/aromatic N) is 1. The largest absolute Gasteiger partial charge is 0.449 e. The Morgan fingerprint density at radius 2 is 1.96 bits per heavy atom. The van der Waals surface area contributed by atoms with E-state index in [4.69, 9.17) is 4.74 Å². The summed E-state index contributed by atoms with van der Waals surface area (Å²) >= 11 is 1.27. The lowest BCUT2D eigenvalue weighted by molar-refractivity contribution is -0.141. The molecule has 1 aliphatic heterocycles. The number of likely N-dealkylation sites (N-methyl/N-ethyl adjacent to an activating group) is 1. The summed E-state index contributed by atoms with van der Waals surface area (Å²) < 4.78 is 28.8. The van der Waals surface area contributed by atoms with Crippen molar-refractivity contribution < 1.29 is 27.5 Å². The molecule has 1 saturated heterocycles. The zero-order valence-electron chi connectivity index (χ0n) is 16.7. The summed E-state index contributed by atoms with van der Waals surface area (Å²) in [4.78, 5) is 39.2. The Balaban J connectivity index is 2.15. The molecule has 0 aliphatic carbocycles. The third-order valence-electron chi connectivity index (χ3n) is 4.78. The van der Waals surface area contributed by atoms with Gasteiger partial charge in [-0.25, -0.2) is 13.2 Å². The van der Waals surface area contributed by atoms with E-state index >= 15 is 0 Å². The van der Waals surface area contributed by atoms with Crippen LogP contribution in [0.25, 0.3) is 0 Å². The fourth-order valence-corrected chi connectivity index (χ4v) is 6.06. The average molecular weight is 431 g/mol. The first-order valence-corrected chi connectivity index (χ1v) is 11.7. The Bertz CT molecular complexity index is 890. The van der Waals surface area contributed by atoms with Crippen LogP contribution in [0.4, 0.5) is 5.00 Å². The van der Waals surface area contributed by atoms with E-state index in [1.54, 1.807) is 13.8 Å². The lowest BCUT2D eigenvalue weighted by Crippen LogP contribution is -2.46. The molecule has 2 atom stereocenters. The Kier molecular flexibility index (Phi) is 6.87. The zero-order chi connectivity index (χ0) is 21.2. The molecule has 0 radical (unpaired) electrons. The molecule has 0 spiro atoms. The van der Waals surface area contributed by atoms with Gasteiger partial charge >= 0.3 is 5.97 Å². The van der Waals surface area contributed by atoms with Crippen molar-refractivity contribution in [3.8, 4) is 0 Å².